The van der Waals surface area contributed by atoms with Crippen LogP contribution in [0.2, 0.25) is 0 Å². The molecule has 4 N–H and O–H groups in total. The van der Waals surface area contributed by atoms with Crippen LogP contribution in [0, 0.1) is 0 Å². The number of phenolic OH excluding ortho intramolecular Hbond substituents is 3. The quantitative estimate of drug-likeness (QED) is 0.170. The lowest BCUT2D eigenvalue weighted by molar-refractivity contribution is -0.135. The van der Waals surface area contributed by atoms with Crippen LogP contribution < -0.4 is 10.2 Å². The Kier molecular flexibility index (Phi) is 4.24. The minimum atomic E-state index is -0.928. The molecular weight excluding hydrogens is 458 g/mol. The second-order valence-electron chi connectivity index (χ2n) is 8.04. The molecular formula is C24H15N3O8. The lowest BCUT2D eigenvalue weighted by Crippen LogP contribution is -2.22. The molecule has 5 aromatic rings. The van der Waals surface area contributed by atoms with E-state index in [1.165, 1.54) is 16.6 Å². The largest absolute Gasteiger partial charge is 0.507 e. The number of esters is 1. The van der Waals surface area contributed by atoms with Gasteiger partial charge >= 0.3 is 5.97 Å². The zero-order valence-electron chi connectivity index (χ0n) is 17.7. The number of hydrogen-bond donors (Lipinski definition) is 4. The summed E-state index contributed by atoms with van der Waals surface area (Å²) < 4.78 is 12.9. The van der Waals surface area contributed by atoms with Gasteiger partial charge in [-0.1, -0.05) is 0 Å². The molecule has 2 aromatic carbocycles. The number of fused-ring (bicyclic) bond motifs is 4. The van der Waals surface area contributed by atoms with Crippen LogP contribution in [0.15, 0.2) is 58.1 Å². The number of aromatic hydroxyl groups is 4. The van der Waals surface area contributed by atoms with Gasteiger partial charge in [-0.15, -0.1) is 0 Å². The summed E-state index contributed by atoms with van der Waals surface area (Å²) in [6.07, 6.45) is 4.69. The van der Waals surface area contributed by atoms with Crippen molar-refractivity contribution in [2.45, 2.75) is 12.3 Å². The number of benzene rings is 2. The number of aromatic nitrogens is 3. The molecule has 0 unspecified atom stereocenters. The number of rotatable bonds is 2. The molecule has 0 saturated carbocycles. The third kappa shape index (κ3) is 2.98. The van der Waals surface area contributed by atoms with Gasteiger partial charge in [-0.05, 0) is 24.3 Å². The van der Waals surface area contributed by atoms with E-state index in [1.54, 1.807) is 24.7 Å². The summed E-state index contributed by atoms with van der Waals surface area (Å²) >= 11 is 0. The molecule has 0 saturated heterocycles. The monoisotopic (exact) mass is 473 g/mol. The zero-order chi connectivity index (χ0) is 24.4. The summed E-state index contributed by atoms with van der Waals surface area (Å²) in [6, 6.07) is 6.44. The van der Waals surface area contributed by atoms with Gasteiger partial charge in [0.05, 0.1) is 12.6 Å². The van der Waals surface area contributed by atoms with Crippen molar-refractivity contribution in [1.82, 2.24) is 14.6 Å². The average molecular weight is 473 g/mol. The normalized spacial score (nSPS) is 15.3. The van der Waals surface area contributed by atoms with Crippen LogP contribution in [-0.2, 0) is 4.79 Å². The predicted octanol–water partition coefficient (Wildman–Crippen LogP) is 2.77. The van der Waals surface area contributed by atoms with Crippen molar-refractivity contribution in [3.63, 3.8) is 0 Å². The van der Waals surface area contributed by atoms with Crippen LogP contribution in [0.4, 0.5) is 0 Å². The highest BCUT2D eigenvalue weighted by Gasteiger charge is 2.36. The molecule has 3 aromatic heterocycles. The molecule has 0 bridgehead atoms. The van der Waals surface area contributed by atoms with Crippen molar-refractivity contribution in [2.75, 3.05) is 0 Å². The topological polar surface area (TPSA) is 168 Å². The first-order valence-corrected chi connectivity index (χ1v) is 10.4. The molecule has 1 aliphatic heterocycles. The molecule has 1 atom stereocenters. The van der Waals surface area contributed by atoms with Gasteiger partial charge in [0.1, 0.15) is 22.5 Å². The Bertz CT molecular complexity index is 1750. The van der Waals surface area contributed by atoms with Gasteiger partial charge in [-0.3, -0.25) is 9.59 Å². The third-order valence-corrected chi connectivity index (χ3v) is 5.99. The second-order valence-corrected chi connectivity index (χ2v) is 8.04. The van der Waals surface area contributed by atoms with E-state index < -0.39 is 40.3 Å². The number of carbonyl (C=O) groups is 1. The standard InChI is InChI=1S/C24H15N3O8/c28-13-3-2-10(6-14(13)29)22-21(33)20(32)19-15(30)8-16-18(23(19)35-22)11(7-17(31)34-16)12-9-26-27-5-1-4-25-24(12)27/h1-6,8-9,11,28-30,33H,7H2/t11-/m1/s1. The molecule has 35 heavy (non-hydrogen) atoms. The van der Waals surface area contributed by atoms with Gasteiger partial charge in [0.2, 0.25) is 11.2 Å². The number of carbonyl (C=O) groups excluding carboxylic acids is 1. The van der Waals surface area contributed by atoms with Crippen LogP contribution in [0.5, 0.6) is 28.7 Å². The Balaban J connectivity index is 1.70. The van der Waals surface area contributed by atoms with E-state index in [0.29, 0.717) is 16.8 Å². The summed E-state index contributed by atoms with van der Waals surface area (Å²) in [5.41, 5.74) is 0.385. The van der Waals surface area contributed by atoms with Gasteiger partial charge in [-0.2, -0.15) is 5.10 Å². The summed E-state index contributed by atoms with van der Waals surface area (Å²) in [4.78, 5) is 29.9. The minimum Gasteiger partial charge on any atom is -0.507 e. The highest BCUT2D eigenvalue weighted by atomic mass is 16.5. The molecule has 0 radical (unpaired) electrons. The van der Waals surface area contributed by atoms with Gasteiger partial charge in [-0.25, -0.2) is 9.50 Å². The molecule has 0 amide bonds. The van der Waals surface area contributed by atoms with E-state index in [2.05, 4.69) is 10.1 Å². The maximum atomic E-state index is 13.1. The molecule has 0 spiro atoms. The Hall–Kier alpha value is -5.06. The van der Waals surface area contributed by atoms with E-state index >= 15 is 0 Å². The maximum absolute atomic E-state index is 13.1. The van der Waals surface area contributed by atoms with E-state index in [1.807, 2.05) is 0 Å². The summed E-state index contributed by atoms with van der Waals surface area (Å²) in [6.45, 7) is 0. The number of nitrogens with zero attached hydrogens (tertiary/aromatic N) is 3. The summed E-state index contributed by atoms with van der Waals surface area (Å²) in [7, 11) is 0. The smallest absolute Gasteiger partial charge is 0.312 e. The van der Waals surface area contributed by atoms with Crippen molar-refractivity contribution in [2.24, 2.45) is 0 Å². The molecule has 6 rings (SSSR count). The molecule has 174 valence electrons. The van der Waals surface area contributed by atoms with Crippen molar-refractivity contribution in [1.29, 1.82) is 0 Å². The van der Waals surface area contributed by atoms with Crippen LogP contribution in [-0.4, -0.2) is 41.0 Å². The Morgan fingerprint density at radius 1 is 1.03 bits per heavy atom. The van der Waals surface area contributed by atoms with Crippen molar-refractivity contribution >= 4 is 22.6 Å². The van der Waals surface area contributed by atoms with E-state index in [9.17, 15) is 30.0 Å². The molecule has 11 nitrogen and oxygen atoms in total. The lowest BCUT2D eigenvalue weighted by Gasteiger charge is -2.25. The van der Waals surface area contributed by atoms with Crippen LogP contribution in [0.1, 0.15) is 23.5 Å². The first kappa shape index (κ1) is 20.5. The van der Waals surface area contributed by atoms with E-state index in [-0.39, 0.29) is 34.5 Å². The van der Waals surface area contributed by atoms with Gasteiger partial charge < -0.3 is 29.6 Å². The molecule has 11 heteroatoms. The van der Waals surface area contributed by atoms with Crippen molar-refractivity contribution in [3.05, 3.63) is 70.3 Å². The minimum absolute atomic E-state index is 0.0140. The second kappa shape index (κ2) is 7.22. The first-order chi connectivity index (χ1) is 16.8. The number of phenols is 3. The Morgan fingerprint density at radius 2 is 1.86 bits per heavy atom. The maximum Gasteiger partial charge on any atom is 0.312 e. The van der Waals surface area contributed by atoms with Gasteiger partial charge in [0, 0.05) is 41.1 Å². The van der Waals surface area contributed by atoms with Crippen molar-refractivity contribution < 1.29 is 34.4 Å². The molecule has 0 aliphatic carbocycles. The number of hydrogen-bond acceptors (Lipinski definition) is 10. The van der Waals surface area contributed by atoms with Gasteiger partial charge in [0.15, 0.2) is 22.9 Å². The summed E-state index contributed by atoms with van der Waals surface area (Å²) in [5, 5.41) is 44.7. The molecule has 0 fully saturated rings. The zero-order valence-corrected chi connectivity index (χ0v) is 17.7. The lowest BCUT2D eigenvalue weighted by atomic mass is 9.86. The van der Waals surface area contributed by atoms with Crippen LogP contribution >= 0.6 is 0 Å². The number of ether oxygens (including phenoxy) is 1. The highest BCUT2D eigenvalue weighted by Crippen LogP contribution is 2.47. The Labute approximate surface area is 194 Å². The van der Waals surface area contributed by atoms with Crippen LogP contribution in [0.3, 0.4) is 0 Å². The summed E-state index contributed by atoms with van der Waals surface area (Å²) in [5.74, 6) is -3.84. The highest BCUT2D eigenvalue weighted by molar-refractivity contribution is 5.94. The fourth-order valence-electron chi connectivity index (χ4n) is 4.40. The molecule has 1 aliphatic rings. The van der Waals surface area contributed by atoms with E-state index in [4.69, 9.17) is 9.15 Å². The third-order valence-electron chi connectivity index (χ3n) is 5.99. The van der Waals surface area contributed by atoms with Crippen molar-refractivity contribution in [3.8, 4) is 40.1 Å². The fraction of sp³-hybridized carbons (Fsp3) is 0.0833. The van der Waals surface area contributed by atoms with Gasteiger partial charge in [0.25, 0.3) is 0 Å². The molecule has 4 heterocycles. The van der Waals surface area contributed by atoms with Crippen LogP contribution in [0.25, 0.3) is 27.9 Å². The SMILES string of the molecule is O=C1C[C@H](c2cnn3cccnc23)c2c(cc(O)c3c(=O)c(O)c(-c4ccc(O)c(O)c4)oc23)O1. The average Bonchev–Trinajstić information content (AvgIpc) is 3.26. The Morgan fingerprint density at radius 3 is 2.66 bits per heavy atom. The fourth-order valence-corrected chi connectivity index (χ4v) is 4.40. The van der Waals surface area contributed by atoms with E-state index in [0.717, 1.165) is 12.1 Å². The first-order valence-electron chi connectivity index (χ1n) is 10.4. The predicted molar refractivity (Wildman–Crippen MR) is 120 cm³/mol.